The molecule has 0 aliphatic rings. The van der Waals surface area contributed by atoms with Gasteiger partial charge in [-0.05, 0) is 6.92 Å². The maximum Gasteiger partial charge on any atom is 0.268 e. The molecule has 66 valence electrons. The minimum absolute atomic E-state index is 0.207. The molecular formula is C7H5ClF3N. The molecule has 0 amide bonds. The Morgan fingerprint density at radius 1 is 1.50 bits per heavy atom. The summed E-state index contributed by atoms with van der Waals surface area (Å²) in [6.45, 7) is 1.45. The van der Waals surface area contributed by atoms with E-state index in [9.17, 15) is 13.2 Å². The molecule has 0 bridgehead atoms. The van der Waals surface area contributed by atoms with Crippen molar-refractivity contribution in [2.75, 3.05) is 0 Å². The number of hydrogen-bond donors (Lipinski definition) is 0. The zero-order valence-electron chi connectivity index (χ0n) is 6.11. The van der Waals surface area contributed by atoms with Gasteiger partial charge in [-0.3, -0.25) is 4.98 Å². The van der Waals surface area contributed by atoms with Crippen molar-refractivity contribution < 1.29 is 13.2 Å². The van der Waals surface area contributed by atoms with Gasteiger partial charge in [-0.25, -0.2) is 13.2 Å². The molecule has 0 aromatic carbocycles. The lowest BCUT2D eigenvalue weighted by atomic mass is 10.2. The summed E-state index contributed by atoms with van der Waals surface area (Å²) in [7, 11) is 0. The predicted molar refractivity (Wildman–Crippen MR) is 38.9 cm³/mol. The standard InChI is InChI=1S/C7H5ClF3N/c1-3-5(8)6(9)4(2-12-3)7(10)11/h2,7H,1H3. The van der Waals surface area contributed by atoms with E-state index in [0.717, 1.165) is 6.20 Å². The Bertz CT molecular complexity index is 301. The zero-order valence-corrected chi connectivity index (χ0v) is 6.87. The van der Waals surface area contributed by atoms with Gasteiger partial charge >= 0.3 is 0 Å². The van der Waals surface area contributed by atoms with Crippen LogP contribution in [0.2, 0.25) is 5.02 Å². The molecule has 1 aromatic rings. The fourth-order valence-electron chi connectivity index (χ4n) is 0.717. The van der Waals surface area contributed by atoms with Crippen LogP contribution in [0.4, 0.5) is 13.2 Å². The van der Waals surface area contributed by atoms with Crippen LogP contribution in [0.3, 0.4) is 0 Å². The highest BCUT2D eigenvalue weighted by atomic mass is 35.5. The van der Waals surface area contributed by atoms with Gasteiger partial charge in [-0.15, -0.1) is 0 Å². The molecular weight excluding hydrogens is 191 g/mol. The average Bonchev–Trinajstić information content (AvgIpc) is 2.00. The minimum Gasteiger partial charge on any atom is -0.259 e. The van der Waals surface area contributed by atoms with Gasteiger partial charge in [0.2, 0.25) is 0 Å². The Morgan fingerprint density at radius 3 is 2.58 bits per heavy atom. The molecule has 0 saturated heterocycles. The largest absolute Gasteiger partial charge is 0.268 e. The Kier molecular flexibility index (Phi) is 2.57. The molecule has 1 aromatic heterocycles. The van der Waals surface area contributed by atoms with Crippen molar-refractivity contribution in [3.63, 3.8) is 0 Å². The van der Waals surface area contributed by atoms with E-state index in [1.807, 2.05) is 0 Å². The third-order valence-electron chi connectivity index (χ3n) is 1.40. The lowest BCUT2D eigenvalue weighted by molar-refractivity contribution is 0.146. The quantitative estimate of drug-likeness (QED) is 0.671. The van der Waals surface area contributed by atoms with Gasteiger partial charge in [-0.2, -0.15) is 0 Å². The van der Waals surface area contributed by atoms with Crippen LogP contribution < -0.4 is 0 Å². The number of alkyl halides is 2. The van der Waals surface area contributed by atoms with Gasteiger partial charge in [0, 0.05) is 6.20 Å². The van der Waals surface area contributed by atoms with E-state index < -0.39 is 17.8 Å². The molecule has 0 atom stereocenters. The van der Waals surface area contributed by atoms with Crippen LogP contribution in [0.1, 0.15) is 17.7 Å². The fourth-order valence-corrected chi connectivity index (χ4v) is 0.875. The van der Waals surface area contributed by atoms with Crippen LogP contribution in [0.25, 0.3) is 0 Å². The Morgan fingerprint density at radius 2 is 2.08 bits per heavy atom. The van der Waals surface area contributed by atoms with E-state index in [1.54, 1.807) is 0 Å². The SMILES string of the molecule is Cc1ncc(C(F)F)c(F)c1Cl. The maximum atomic E-state index is 12.9. The van der Waals surface area contributed by atoms with Crippen molar-refractivity contribution in [2.45, 2.75) is 13.3 Å². The fraction of sp³-hybridized carbons (Fsp3) is 0.286. The number of aromatic nitrogens is 1. The number of nitrogens with zero attached hydrogens (tertiary/aromatic N) is 1. The van der Waals surface area contributed by atoms with Gasteiger partial charge in [0.15, 0.2) is 5.82 Å². The predicted octanol–water partition coefficient (Wildman–Crippen LogP) is 3.12. The van der Waals surface area contributed by atoms with Gasteiger partial charge in [0.05, 0.1) is 16.3 Å². The van der Waals surface area contributed by atoms with Crippen molar-refractivity contribution in [1.82, 2.24) is 4.98 Å². The second kappa shape index (κ2) is 3.31. The van der Waals surface area contributed by atoms with E-state index in [1.165, 1.54) is 6.92 Å². The molecule has 0 fully saturated rings. The molecule has 0 N–H and O–H groups in total. The van der Waals surface area contributed by atoms with Crippen molar-refractivity contribution in [1.29, 1.82) is 0 Å². The van der Waals surface area contributed by atoms with Gasteiger partial charge in [0.25, 0.3) is 6.43 Å². The van der Waals surface area contributed by atoms with E-state index in [4.69, 9.17) is 11.6 Å². The first-order chi connectivity index (χ1) is 5.54. The molecule has 0 unspecified atom stereocenters. The third kappa shape index (κ3) is 1.53. The van der Waals surface area contributed by atoms with E-state index in [0.29, 0.717) is 0 Å². The summed E-state index contributed by atoms with van der Waals surface area (Å²) in [6.07, 6.45) is -2.09. The highest BCUT2D eigenvalue weighted by molar-refractivity contribution is 6.31. The summed E-state index contributed by atoms with van der Waals surface area (Å²) in [4.78, 5) is 3.51. The molecule has 0 radical (unpaired) electrons. The summed E-state index contributed by atoms with van der Waals surface area (Å²) in [5.41, 5.74) is -0.552. The molecule has 1 heterocycles. The molecule has 0 spiro atoms. The van der Waals surface area contributed by atoms with Crippen LogP contribution in [0.15, 0.2) is 6.20 Å². The molecule has 0 saturated carbocycles. The Hall–Kier alpha value is -0.770. The van der Waals surface area contributed by atoms with E-state index >= 15 is 0 Å². The first-order valence-electron chi connectivity index (χ1n) is 3.12. The number of pyridine rings is 1. The second-order valence-corrected chi connectivity index (χ2v) is 2.61. The van der Waals surface area contributed by atoms with Crippen molar-refractivity contribution in [2.24, 2.45) is 0 Å². The van der Waals surface area contributed by atoms with Gasteiger partial charge in [-0.1, -0.05) is 11.6 Å². The topological polar surface area (TPSA) is 12.9 Å². The van der Waals surface area contributed by atoms with E-state index in [2.05, 4.69) is 4.98 Å². The normalized spacial score (nSPS) is 10.8. The van der Waals surface area contributed by atoms with Crippen molar-refractivity contribution >= 4 is 11.6 Å². The van der Waals surface area contributed by atoms with Crippen molar-refractivity contribution in [3.8, 4) is 0 Å². The number of halogens is 4. The smallest absolute Gasteiger partial charge is 0.259 e. The first kappa shape index (κ1) is 9.32. The lowest BCUT2D eigenvalue weighted by Crippen LogP contribution is -1.96. The Labute approximate surface area is 72.2 Å². The summed E-state index contributed by atoms with van der Waals surface area (Å²) in [6, 6.07) is 0. The zero-order chi connectivity index (χ0) is 9.30. The highest BCUT2D eigenvalue weighted by Gasteiger charge is 2.17. The minimum atomic E-state index is -2.88. The van der Waals surface area contributed by atoms with Crippen molar-refractivity contribution in [3.05, 3.63) is 28.3 Å². The molecule has 5 heteroatoms. The van der Waals surface area contributed by atoms with Crippen LogP contribution in [-0.2, 0) is 0 Å². The molecule has 1 nitrogen and oxygen atoms in total. The molecule has 12 heavy (non-hydrogen) atoms. The first-order valence-corrected chi connectivity index (χ1v) is 3.50. The van der Waals surface area contributed by atoms with Gasteiger partial charge in [0.1, 0.15) is 0 Å². The molecule has 0 aliphatic carbocycles. The maximum absolute atomic E-state index is 12.9. The van der Waals surface area contributed by atoms with Crippen LogP contribution in [-0.4, -0.2) is 4.98 Å². The van der Waals surface area contributed by atoms with E-state index in [-0.39, 0.29) is 10.7 Å². The van der Waals surface area contributed by atoms with Crippen LogP contribution in [0, 0.1) is 12.7 Å². The summed E-state index contributed by atoms with van der Waals surface area (Å²) >= 11 is 5.36. The third-order valence-corrected chi connectivity index (χ3v) is 1.84. The number of rotatable bonds is 1. The Balaban J connectivity index is 3.27. The monoisotopic (exact) mass is 195 g/mol. The van der Waals surface area contributed by atoms with Crippen LogP contribution >= 0.6 is 11.6 Å². The highest BCUT2D eigenvalue weighted by Crippen LogP contribution is 2.27. The lowest BCUT2D eigenvalue weighted by Gasteiger charge is -2.03. The second-order valence-electron chi connectivity index (χ2n) is 2.23. The molecule has 1 rings (SSSR count). The molecule has 0 aliphatic heterocycles. The van der Waals surface area contributed by atoms with Crippen LogP contribution in [0.5, 0.6) is 0 Å². The average molecular weight is 196 g/mol. The number of hydrogen-bond acceptors (Lipinski definition) is 1. The number of aryl methyl sites for hydroxylation is 1. The van der Waals surface area contributed by atoms with Gasteiger partial charge < -0.3 is 0 Å². The summed E-state index contributed by atoms with van der Waals surface area (Å²) in [5, 5.41) is -0.340. The summed E-state index contributed by atoms with van der Waals surface area (Å²) in [5.74, 6) is -1.08. The summed E-state index contributed by atoms with van der Waals surface area (Å²) < 4.78 is 36.9.